The number of aromatic nitrogens is 1. The van der Waals surface area contributed by atoms with Gasteiger partial charge in [0.05, 0.1) is 0 Å². The van der Waals surface area contributed by atoms with E-state index in [1.165, 1.54) is 4.88 Å². The maximum absolute atomic E-state index is 11.0. The molecule has 0 bridgehead atoms. The summed E-state index contributed by atoms with van der Waals surface area (Å²) in [5.41, 5.74) is 0.362. The molecule has 0 amide bonds. The first kappa shape index (κ1) is 11.7. The summed E-state index contributed by atoms with van der Waals surface area (Å²) in [5.74, 6) is -0.867. The number of carbonyl (C=O) groups is 1. The Labute approximate surface area is 111 Å². The molecule has 0 saturated carbocycles. The van der Waals surface area contributed by atoms with Gasteiger partial charge in [0.2, 0.25) is 0 Å². The van der Waals surface area contributed by atoms with E-state index in [1.807, 2.05) is 17.6 Å². The highest BCUT2D eigenvalue weighted by molar-refractivity contribution is 14.1. The van der Waals surface area contributed by atoms with Crippen molar-refractivity contribution in [2.24, 2.45) is 0 Å². The maximum atomic E-state index is 11.0. The monoisotopic (exact) mass is 347 g/mol. The van der Waals surface area contributed by atoms with Gasteiger partial charge in [-0.25, -0.2) is 4.79 Å². The van der Waals surface area contributed by atoms with Gasteiger partial charge in [0, 0.05) is 21.2 Å². The van der Waals surface area contributed by atoms with Crippen molar-refractivity contribution < 1.29 is 9.90 Å². The highest BCUT2D eigenvalue weighted by atomic mass is 127. The van der Waals surface area contributed by atoms with Crippen molar-refractivity contribution in [3.05, 3.63) is 43.9 Å². The summed E-state index contributed by atoms with van der Waals surface area (Å²) in [4.78, 5) is 12.3. The standard InChI is InChI=1S/C11H10INO2S/c12-8-6-10(11(14)15)13(7-8)4-3-9-2-1-5-16-9/h1-2,5-7H,3-4H2,(H,14,15). The van der Waals surface area contributed by atoms with Crippen LogP contribution in [-0.4, -0.2) is 15.6 Å². The fraction of sp³-hybridized carbons (Fsp3) is 0.182. The number of rotatable bonds is 4. The number of hydrogen-bond acceptors (Lipinski definition) is 2. The van der Waals surface area contributed by atoms with Gasteiger partial charge in [0.15, 0.2) is 0 Å². The minimum atomic E-state index is -0.867. The third-order valence-electron chi connectivity index (χ3n) is 2.26. The minimum Gasteiger partial charge on any atom is -0.477 e. The number of carboxylic acids is 1. The van der Waals surface area contributed by atoms with Crippen molar-refractivity contribution in [2.75, 3.05) is 0 Å². The second-order valence-corrected chi connectivity index (χ2v) is 5.65. The lowest BCUT2D eigenvalue weighted by molar-refractivity contribution is 0.0685. The lowest BCUT2D eigenvalue weighted by atomic mass is 10.3. The number of hydrogen-bond donors (Lipinski definition) is 1. The molecule has 2 aromatic rings. The molecule has 16 heavy (non-hydrogen) atoms. The number of thiophene rings is 1. The van der Waals surface area contributed by atoms with Crippen LogP contribution in [0.1, 0.15) is 15.4 Å². The Morgan fingerprint density at radius 1 is 1.56 bits per heavy atom. The average Bonchev–Trinajstić information content (AvgIpc) is 2.83. The Kier molecular flexibility index (Phi) is 3.65. The Bertz CT molecular complexity index is 490. The molecule has 0 spiro atoms. The van der Waals surface area contributed by atoms with Crippen LogP contribution in [0.25, 0.3) is 0 Å². The Morgan fingerprint density at radius 2 is 2.38 bits per heavy atom. The quantitative estimate of drug-likeness (QED) is 0.864. The molecule has 0 aliphatic rings. The van der Waals surface area contributed by atoms with E-state index in [0.717, 1.165) is 9.99 Å². The van der Waals surface area contributed by atoms with Crippen molar-refractivity contribution in [2.45, 2.75) is 13.0 Å². The van der Waals surface area contributed by atoms with Crippen molar-refractivity contribution in [3.8, 4) is 0 Å². The Balaban J connectivity index is 2.12. The number of aryl methyl sites for hydroxylation is 2. The largest absolute Gasteiger partial charge is 0.477 e. The smallest absolute Gasteiger partial charge is 0.352 e. The Morgan fingerprint density at radius 3 is 3.00 bits per heavy atom. The predicted molar refractivity (Wildman–Crippen MR) is 72.1 cm³/mol. The number of aromatic carboxylic acids is 1. The van der Waals surface area contributed by atoms with E-state index in [4.69, 9.17) is 5.11 Å². The molecule has 0 aliphatic heterocycles. The van der Waals surface area contributed by atoms with Crippen LogP contribution in [-0.2, 0) is 13.0 Å². The van der Waals surface area contributed by atoms with Gasteiger partial charge in [-0.2, -0.15) is 0 Å². The van der Waals surface area contributed by atoms with Crippen molar-refractivity contribution in [1.82, 2.24) is 4.57 Å². The van der Waals surface area contributed by atoms with Gasteiger partial charge in [-0.1, -0.05) is 6.07 Å². The molecule has 84 valence electrons. The fourth-order valence-corrected chi connectivity index (χ4v) is 2.85. The first-order chi connectivity index (χ1) is 7.66. The van der Waals surface area contributed by atoms with Gasteiger partial charge in [-0.05, 0) is 46.5 Å². The highest BCUT2D eigenvalue weighted by Gasteiger charge is 2.11. The molecule has 0 radical (unpaired) electrons. The second-order valence-electron chi connectivity index (χ2n) is 3.37. The lowest BCUT2D eigenvalue weighted by Gasteiger charge is -2.04. The molecular weight excluding hydrogens is 337 g/mol. The molecule has 0 atom stereocenters. The van der Waals surface area contributed by atoms with Gasteiger partial charge in [-0.15, -0.1) is 11.3 Å². The fourth-order valence-electron chi connectivity index (χ4n) is 1.52. The third-order valence-corrected chi connectivity index (χ3v) is 3.79. The molecule has 2 rings (SSSR count). The van der Waals surface area contributed by atoms with E-state index in [9.17, 15) is 4.79 Å². The SMILES string of the molecule is O=C(O)c1cc(I)cn1CCc1cccs1. The van der Waals surface area contributed by atoms with E-state index in [-0.39, 0.29) is 0 Å². The lowest BCUT2D eigenvalue weighted by Crippen LogP contribution is -2.08. The van der Waals surface area contributed by atoms with Crippen LogP contribution in [0.2, 0.25) is 0 Å². The van der Waals surface area contributed by atoms with Crippen molar-refractivity contribution in [3.63, 3.8) is 0 Å². The number of carboxylic acid groups (broad SMARTS) is 1. The molecule has 2 aromatic heterocycles. The average molecular weight is 347 g/mol. The summed E-state index contributed by atoms with van der Waals surface area (Å²) in [6, 6.07) is 5.77. The number of nitrogens with zero attached hydrogens (tertiary/aromatic N) is 1. The molecule has 1 N–H and O–H groups in total. The summed E-state index contributed by atoms with van der Waals surface area (Å²) in [6.07, 6.45) is 2.75. The van der Waals surface area contributed by atoms with Gasteiger partial charge in [0.25, 0.3) is 0 Å². The molecule has 0 unspecified atom stereocenters. The van der Waals surface area contributed by atoms with Crippen molar-refractivity contribution in [1.29, 1.82) is 0 Å². The molecule has 3 nitrogen and oxygen atoms in total. The summed E-state index contributed by atoms with van der Waals surface area (Å²) >= 11 is 3.83. The van der Waals surface area contributed by atoms with Crippen LogP contribution in [0.4, 0.5) is 0 Å². The molecule has 0 saturated heterocycles. The first-order valence-corrected chi connectivity index (χ1v) is 6.74. The summed E-state index contributed by atoms with van der Waals surface area (Å²) in [6.45, 7) is 0.713. The Hall–Kier alpha value is -0.820. The zero-order valence-electron chi connectivity index (χ0n) is 8.39. The normalized spacial score (nSPS) is 10.6. The molecule has 0 aliphatic carbocycles. The summed E-state index contributed by atoms with van der Waals surface area (Å²) in [5, 5.41) is 11.0. The minimum absolute atomic E-state index is 0.362. The van der Waals surface area contributed by atoms with Crippen LogP contribution in [0.15, 0.2) is 29.8 Å². The van der Waals surface area contributed by atoms with E-state index in [2.05, 4.69) is 28.7 Å². The van der Waals surface area contributed by atoms with Crippen LogP contribution in [0, 0.1) is 3.57 Å². The second kappa shape index (κ2) is 5.01. The third kappa shape index (κ3) is 2.65. The summed E-state index contributed by atoms with van der Waals surface area (Å²) < 4.78 is 2.75. The highest BCUT2D eigenvalue weighted by Crippen LogP contribution is 2.14. The molecular formula is C11H10INO2S. The van der Waals surface area contributed by atoms with E-state index >= 15 is 0 Å². The first-order valence-electron chi connectivity index (χ1n) is 4.78. The van der Waals surface area contributed by atoms with E-state index < -0.39 is 5.97 Å². The topological polar surface area (TPSA) is 42.2 Å². The molecule has 5 heteroatoms. The summed E-state index contributed by atoms with van der Waals surface area (Å²) in [7, 11) is 0. The molecule has 0 fully saturated rings. The molecule has 2 heterocycles. The van der Waals surface area contributed by atoms with Crippen LogP contribution >= 0.6 is 33.9 Å². The number of halogens is 1. The van der Waals surface area contributed by atoms with Crippen LogP contribution in [0.5, 0.6) is 0 Å². The van der Waals surface area contributed by atoms with E-state index in [0.29, 0.717) is 12.2 Å². The maximum Gasteiger partial charge on any atom is 0.352 e. The van der Waals surface area contributed by atoms with Gasteiger partial charge in [0.1, 0.15) is 5.69 Å². The molecule has 0 aromatic carbocycles. The van der Waals surface area contributed by atoms with Gasteiger partial charge >= 0.3 is 5.97 Å². The van der Waals surface area contributed by atoms with Gasteiger partial charge < -0.3 is 9.67 Å². The van der Waals surface area contributed by atoms with Crippen LogP contribution < -0.4 is 0 Å². The predicted octanol–water partition coefficient (Wildman–Crippen LogP) is 3.10. The van der Waals surface area contributed by atoms with Gasteiger partial charge in [-0.3, -0.25) is 0 Å². The van der Waals surface area contributed by atoms with Crippen molar-refractivity contribution >= 4 is 39.9 Å². The zero-order valence-corrected chi connectivity index (χ0v) is 11.4. The zero-order chi connectivity index (χ0) is 11.5. The van der Waals surface area contributed by atoms with E-state index in [1.54, 1.807) is 22.0 Å². The van der Waals surface area contributed by atoms with Crippen LogP contribution in [0.3, 0.4) is 0 Å².